The van der Waals surface area contributed by atoms with Crippen molar-refractivity contribution >= 4 is 39.1 Å². The summed E-state index contributed by atoms with van der Waals surface area (Å²) in [5, 5.41) is 14.8. The normalized spacial score (nSPS) is 10.2. The van der Waals surface area contributed by atoms with Gasteiger partial charge in [0, 0.05) is 21.4 Å². The molecular weight excluding hydrogens is 396 g/mol. The number of nitrogens with one attached hydrogen (secondary N) is 2. The van der Waals surface area contributed by atoms with Crippen LogP contribution in [0.2, 0.25) is 0 Å². The Morgan fingerprint density at radius 3 is 1.88 bits per heavy atom. The number of rotatable bonds is 4. The Labute approximate surface area is 158 Å². The molecule has 5 nitrogen and oxygen atoms in total. The summed E-state index contributed by atoms with van der Waals surface area (Å²) in [4.78, 5) is 24.5. The molecule has 0 saturated heterocycles. The van der Waals surface area contributed by atoms with Crippen molar-refractivity contribution in [2.75, 3.05) is 10.6 Å². The molecule has 3 aromatic carbocycles. The maximum atomic E-state index is 12.3. The van der Waals surface area contributed by atoms with E-state index in [0.717, 1.165) is 0 Å². The molecule has 3 N–H and O–H groups in total. The second-order valence-electron chi connectivity index (χ2n) is 5.51. The zero-order valence-electron chi connectivity index (χ0n) is 13.6. The average molecular weight is 411 g/mol. The molecule has 0 fully saturated rings. The van der Waals surface area contributed by atoms with Crippen LogP contribution in [0.1, 0.15) is 20.7 Å². The lowest BCUT2D eigenvalue weighted by molar-refractivity contribution is 0.101. The first-order chi connectivity index (χ1) is 12.5. The quantitative estimate of drug-likeness (QED) is 0.547. The summed E-state index contributed by atoms with van der Waals surface area (Å²) in [6.45, 7) is 0. The fourth-order valence-electron chi connectivity index (χ4n) is 2.30. The van der Waals surface area contributed by atoms with Gasteiger partial charge in [0.2, 0.25) is 0 Å². The van der Waals surface area contributed by atoms with Gasteiger partial charge in [0.15, 0.2) is 0 Å². The molecule has 0 unspecified atom stereocenters. The highest BCUT2D eigenvalue weighted by Gasteiger charge is 2.10. The van der Waals surface area contributed by atoms with Crippen molar-refractivity contribution in [3.8, 4) is 5.75 Å². The van der Waals surface area contributed by atoms with Crippen molar-refractivity contribution in [2.24, 2.45) is 0 Å². The highest BCUT2D eigenvalue weighted by molar-refractivity contribution is 9.10. The van der Waals surface area contributed by atoms with Gasteiger partial charge >= 0.3 is 0 Å². The van der Waals surface area contributed by atoms with Crippen LogP contribution in [0.15, 0.2) is 77.3 Å². The van der Waals surface area contributed by atoms with Crippen molar-refractivity contribution in [3.05, 3.63) is 88.4 Å². The summed E-state index contributed by atoms with van der Waals surface area (Å²) in [6.07, 6.45) is 0. The van der Waals surface area contributed by atoms with E-state index in [-0.39, 0.29) is 17.6 Å². The van der Waals surface area contributed by atoms with Crippen LogP contribution in [0.3, 0.4) is 0 Å². The predicted octanol–water partition coefficient (Wildman–Crippen LogP) is 4.66. The van der Waals surface area contributed by atoms with Gasteiger partial charge in [-0.15, -0.1) is 0 Å². The fourth-order valence-corrected chi connectivity index (χ4v) is 2.76. The molecule has 0 aliphatic heterocycles. The lowest BCUT2D eigenvalue weighted by atomic mass is 10.1. The Kier molecular flexibility index (Phi) is 5.34. The molecule has 0 saturated carbocycles. The van der Waals surface area contributed by atoms with Crippen LogP contribution in [0.5, 0.6) is 5.75 Å². The van der Waals surface area contributed by atoms with E-state index in [1.807, 2.05) is 6.07 Å². The van der Waals surface area contributed by atoms with E-state index in [9.17, 15) is 14.7 Å². The summed E-state index contributed by atoms with van der Waals surface area (Å²) in [5.74, 6) is -0.383. The van der Waals surface area contributed by atoms with Gasteiger partial charge in [0.25, 0.3) is 11.8 Å². The molecule has 0 spiro atoms. The second-order valence-corrected chi connectivity index (χ2v) is 6.37. The number of carbonyl (C=O) groups is 2. The zero-order chi connectivity index (χ0) is 18.5. The van der Waals surface area contributed by atoms with Gasteiger partial charge in [0.1, 0.15) is 5.75 Å². The van der Waals surface area contributed by atoms with Gasteiger partial charge in [-0.2, -0.15) is 0 Å². The van der Waals surface area contributed by atoms with E-state index in [4.69, 9.17) is 0 Å². The predicted molar refractivity (Wildman–Crippen MR) is 105 cm³/mol. The second kappa shape index (κ2) is 7.84. The maximum Gasteiger partial charge on any atom is 0.256 e. The van der Waals surface area contributed by atoms with Crippen molar-refractivity contribution in [3.63, 3.8) is 0 Å². The zero-order valence-corrected chi connectivity index (χ0v) is 15.2. The van der Waals surface area contributed by atoms with Crippen LogP contribution in [0, 0.1) is 0 Å². The van der Waals surface area contributed by atoms with Crippen LogP contribution >= 0.6 is 15.9 Å². The topological polar surface area (TPSA) is 78.4 Å². The third-order valence-electron chi connectivity index (χ3n) is 3.65. The Balaban J connectivity index is 1.66. The number of halogens is 1. The number of benzene rings is 3. The smallest absolute Gasteiger partial charge is 0.256 e. The molecule has 0 aromatic heterocycles. The van der Waals surface area contributed by atoms with E-state index in [2.05, 4.69) is 26.6 Å². The summed E-state index contributed by atoms with van der Waals surface area (Å²) in [6, 6.07) is 20.0. The van der Waals surface area contributed by atoms with E-state index < -0.39 is 0 Å². The lowest BCUT2D eigenvalue weighted by Crippen LogP contribution is -2.14. The summed E-state index contributed by atoms with van der Waals surface area (Å²) >= 11 is 3.35. The first-order valence-corrected chi connectivity index (χ1v) is 8.58. The van der Waals surface area contributed by atoms with Gasteiger partial charge in [-0.05, 0) is 76.6 Å². The minimum absolute atomic E-state index is 0.133. The van der Waals surface area contributed by atoms with Crippen LogP contribution in [0.25, 0.3) is 0 Å². The molecule has 130 valence electrons. The van der Waals surface area contributed by atoms with E-state index >= 15 is 0 Å². The van der Waals surface area contributed by atoms with Gasteiger partial charge in [0.05, 0.1) is 5.56 Å². The number of carbonyl (C=O) groups excluding carboxylic acids is 2. The van der Waals surface area contributed by atoms with Crippen LogP contribution in [-0.2, 0) is 0 Å². The molecule has 0 atom stereocenters. The summed E-state index contributed by atoms with van der Waals surface area (Å²) in [7, 11) is 0. The Morgan fingerprint density at radius 2 is 1.27 bits per heavy atom. The fraction of sp³-hybridized carbons (Fsp3) is 0. The molecule has 0 heterocycles. The Hall–Kier alpha value is -3.12. The summed E-state index contributed by atoms with van der Waals surface area (Å²) < 4.78 is 0.711. The van der Waals surface area contributed by atoms with Crippen molar-refractivity contribution in [1.29, 1.82) is 0 Å². The number of amides is 2. The first-order valence-electron chi connectivity index (χ1n) is 7.79. The van der Waals surface area contributed by atoms with Gasteiger partial charge in [-0.3, -0.25) is 9.59 Å². The average Bonchev–Trinajstić information content (AvgIpc) is 2.64. The molecule has 0 radical (unpaired) electrons. The molecule has 3 rings (SSSR count). The van der Waals surface area contributed by atoms with Crippen LogP contribution < -0.4 is 10.6 Å². The van der Waals surface area contributed by atoms with Crippen molar-refractivity contribution < 1.29 is 14.7 Å². The molecule has 3 aromatic rings. The summed E-state index contributed by atoms with van der Waals surface area (Å²) in [5.41, 5.74) is 2.16. The monoisotopic (exact) mass is 410 g/mol. The minimum Gasteiger partial charge on any atom is -0.508 e. The van der Waals surface area contributed by atoms with E-state index in [1.54, 1.807) is 54.6 Å². The van der Waals surface area contributed by atoms with Crippen LogP contribution in [-0.4, -0.2) is 16.9 Å². The van der Waals surface area contributed by atoms with E-state index in [0.29, 0.717) is 27.0 Å². The number of hydrogen-bond acceptors (Lipinski definition) is 3. The van der Waals surface area contributed by atoms with Crippen LogP contribution in [0.4, 0.5) is 11.4 Å². The molecule has 0 bridgehead atoms. The molecule has 6 heteroatoms. The highest BCUT2D eigenvalue weighted by atomic mass is 79.9. The molecule has 0 aliphatic carbocycles. The SMILES string of the molecule is O=C(Nc1ccc(O)cc1)c1ccc(NC(=O)c2ccccc2Br)cc1. The highest BCUT2D eigenvalue weighted by Crippen LogP contribution is 2.19. The molecule has 2 amide bonds. The number of hydrogen-bond donors (Lipinski definition) is 3. The largest absolute Gasteiger partial charge is 0.508 e. The Bertz CT molecular complexity index is 938. The Morgan fingerprint density at radius 1 is 0.731 bits per heavy atom. The minimum atomic E-state index is -0.278. The van der Waals surface area contributed by atoms with Gasteiger partial charge < -0.3 is 15.7 Å². The number of aromatic hydroxyl groups is 1. The maximum absolute atomic E-state index is 12.3. The molecule has 0 aliphatic rings. The van der Waals surface area contributed by atoms with Gasteiger partial charge in [-0.1, -0.05) is 12.1 Å². The van der Waals surface area contributed by atoms with E-state index in [1.165, 1.54) is 12.1 Å². The number of phenolic OH excluding ortho intramolecular Hbond substituents is 1. The standard InChI is InChI=1S/C20H15BrN2O3/c21-18-4-2-1-3-17(18)20(26)23-14-7-5-13(6-8-14)19(25)22-15-9-11-16(24)12-10-15/h1-12,24H,(H,22,25)(H,23,26). The van der Waals surface area contributed by atoms with Crippen molar-refractivity contribution in [2.45, 2.75) is 0 Å². The number of phenols is 1. The molecule has 26 heavy (non-hydrogen) atoms. The van der Waals surface area contributed by atoms with Crippen molar-refractivity contribution in [1.82, 2.24) is 0 Å². The molecular formula is C20H15BrN2O3. The third kappa shape index (κ3) is 4.29. The lowest BCUT2D eigenvalue weighted by Gasteiger charge is -2.08. The third-order valence-corrected chi connectivity index (χ3v) is 4.34. The first kappa shape index (κ1) is 17.7. The number of anilines is 2. The van der Waals surface area contributed by atoms with Gasteiger partial charge in [-0.25, -0.2) is 0 Å².